The van der Waals surface area contributed by atoms with Gasteiger partial charge in [0.25, 0.3) is 0 Å². The van der Waals surface area contributed by atoms with Gasteiger partial charge in [-0.25, -0.2) is 15.0 Å². The number of nitrogens with zero attached hydrogens (tertiary/aromatic N) is 3. The quantitative estimate of drug-likeness (QED) is 0.289. The first-order valence-electron chi connectivity index (χ1n) is 6.54. The first-order chi connectivity index (χ1) is 10.7. The largest absolute Gasteiger partial charge is 0.369 e. The van der Waals surface area contributed by atoms with Gasteiger partial charge in [-0.1, -0.05) is 42.1 Å². The summed E-state index contributed by atoms with van der Waals surface area (Å²) in [6, 6.07) is 9.39. The number of fused-ring (bicyclic) bond motifs is 1. The van der Waals surface area contributed by atoms with Gasteiger partial charge >= 0.3 is 0 Å². The van der Waals surface area contributed by atoms with Crippen LogP contribution in [0.15, 0.2) is 47.9 Å². The molecule has 1 unspecified atom stereocenters. The highest BCUT2D eigenvalue weighted by Crippen LogP contribution is 2.27. The molecule has 0 spiro atoms. The van der Waals surface area contributed by atoms with E-state index in [1.807, 2.05) is 36.6 Å². The van der Waals surface area contributed by atoms with E-state index < -0.39 is 6.23 Å². The minimum atomic E-state index is -0.836. The number of benzene rings is 1. The Labute approximate surface area is 145 Å². The Morgan fingerprint density at radius 3 is 2.68 bits per heavy atom. The van der Waals surface area contributed by atoms with Gasteiger partial charge in [0.1, 0.15) is 5.82 Å². The molecule has 2 N–H and O–H groups in total. The van der Waals surface area contributed by atoms with Crippen LogP contribution in [-0.2, 0) is 0 Å². The molecule has 0 radical (unpaired) electrons. The summed E-state index contributed by atoms with van der Waals surface area (Å²) in [5, 5.41) is 14.8. The normalized spacial score (nSPS) is 12.3. The Bertz CT molecular complexity index is 800. The molecule has 0 amide bonds. The zero-order valence-electron chi connectivity index (χ0n) is 11.7. The predicted octanol–water partition coefficient (Wildman–Crippen LogP) is 3.45. The third-order valence-electron chi connectivity index (χ3n) is 3.13. The van der Waals surface area contributed by atoms with E-state index >= 15 is 0 Å². The van der Waals surface area contributed by atoms with Gasteiger partial charge in [0.05, 0.1) is 14.5 Å². The molecule has 0 fully saturated rings. The van der Waals surface area contributed by atoms with Gasteiger partial charge in [-0.3, -0.25) is 0 Å². The average molecular weight is 424 g/mol. The van der Waals surface area contributed by atoms with Crippen LogP contribution in [0.25, 0.3) is 10.9 Å². The van der Waals surface area contributed by atoms with Gasteiger partial charge in [0.15, 0.2) is 11.4 Å². The molecule has 3 rings (SSSR count). The van der Waals surface area contributed by atoms with Crippen LogP contribution >= 0.6 is 34.4 Å². The zero-order chi connectivity index (χ0) is 15.5. The van der Waals surface area contributed by atoms with Crippen LogP contribution in [0.5, 0.6) is 0 Å². The molecule has 0 saturated heterocycles. The molecule has 22 heavy (non-hydrogen) atoms. The van der Waals surface area contributed by atoms with Crippen molar-refractivity contribution in [2.75, 3.05) is 11.6 Å². The lowest BCUT2D eigenvalue weighted by Gasteiger charge is -2.15. The monoisotopic (exact) mass is 424 g/mol. The van der Waals surface area contributed by atoms with E-state index in [1.165, 1.54) is 11.8 Å². The van der Waals surface area contributed by atoms with Crippen LogP contribution in [0, 0.1) is 3.57 Å². The van der Waals surface area contributed by atoms with Crippen molar-refractivity contribution in [1.82, 2.24) is 15.0 Å². The first-order valence-corrected chi connectivity index (χ1v) is 8.84. The van der Waals surface area contributed by atoms with Crippen LogP contribution < -0.4 is 5.32 Å². The van der Waals surface area contributed by atoms with E-state index in [9.17, 15) is 5.11 Å². The van der Waals surface area contributed by atoms with Crippen molar-refractivity contribution in [3.05, 3.63) is 51.9 Å². The van der Waals surface area contributed by atoms with Crippen molar-refractivity contribution in [3.63, 3.8) is 0 Å². The van der Waals surface area contributed by atoms with E-state index in [2.05, 4.69) is 42.9 Å². The maximum Gasteiger partial charge on any atom is 0.187 e. The molecule has 0 aliphatic heterocycles. The van der Waals surface area contributed by atoms with E-state index in [1.54, 1.807) is 12.4 Å². The number of rotatable bonds is 4. The molecule has 3 aromatic rings. The van der Waals surface area contributed by atoms with E-state index in [0.29, 0.717) is 11.0 Å². The summed E-state index contributed by atoms with van der Waals surface area (Å²) in [4.78, 5) is 13.2. The number of pyridine rings is 1. The van der Waals surface area contributed by atoms with Crippen LogP contribution in [0.3, 0.4) is 0 Å². The fourth-order valence-corrected chi connectivity index (χ4v) is 2.93. The summed E-state index contributed by atoms with van der Waals surface area (Å²) in [6.45, 7) is 0. The van der Waals surface area contributed by atoms with Crippen LogP contribution in [0.4, 0.5) is 5.82 Å². The van der Waals surface area contributed by atoms with Gasteiger partial charge in [-0.15, -0.1) is 0 Å². The number of aliphatic hydroxyl groups is 1. The Kier molecular flexibility index (Phi) is 4.74. The standard InChI is InChI=1S/C15H13IN4OS/c1-22-15-18-7-10-12(19-15)11(16)8-17-13(10)20-14(21)9-5-3-2-4-6-9/h2-8,14,21H,1H3,(H,17,20). The van der Waals surface area contributed by atoms with Crippen molar-refractivity contribution in [2.24, 2.45) is 0 Å². The second-order valence-corrected chi connectivity index (χ2v) is 6.47. The topological polar surface area (TPSA) is 70.9 Å². The SMILES string of the molecule is CSc1ncc2c(NC(O)c3ccccc3)ncc(I)c2n1. The van der Waals surface area contributed by atoms with Crippen molar-refractivity contribution < 1.29 is 5.11 Å². The minimum Gasteiger partial charge on any atom is -0.369 e. The van der Waals surface area contributed by atoms with Gasteiger partial charge in [-0.05, 0) is 28.8 Å². The van der Waals surface area contributed by atoms with Gasteiger partial charge in [-0.2, -0.15) is 0 Å². The third kappa shape index (κ3) is 3.16. The van der Waals surface area contributed by atoms with Gasteiger partial charge in [0, 0.05) is 18.0 Å². The number of thioether (sulfide) groups is 1. The van der Waals surface area contributed by atoms with Crippen molar-refractivity contribution in [1.29, 1.82) is 0 Å². The molecular formula is C15H13IN4OS. The van der Waals surface area contributed by atoms with Crippen LogP contribution in [-0.4, -0.2) is 26.3 Å². The van der Waals surface area contributed by atoms with Crippen LogP contribution in [0.1, 0.15) is 11.8 Å². The molecular weight excluding hydrogens is 411 g/mol. The maximum atomic E-state index is 10.3. The molecule has 0 saturated carbocycles. The molecule has 2 heterocycles. The van der Waals surface area contributed by atoms with E-state index in [4.69, 9.17) is 0 Å². The summed E-state index contributed by atoms with van der Waals surface area (Å²) < 4.78 is 0.949. The second kappa shape index (κ2) is 6.76. The van der Waals surface area contributed by atoms with E-state index in [0.717, 1.165) is 20.0 Å². The molecule has 7 heteroatoms. The maximum absolute atomic E-state index is 10.3. The number of hydrogen-bond acceptors (Lipinski definition) is 6. The van der Waals surface area contributed by atoms with E-state index in [-0.39, 0.29) is 0 Å². The highest BCUT2D eigenvalue weighted by atomic mass is 127. The highest BCUT2D eigenvalue weighted by Gasteiger charge is 2.13. The number of aliphatic hydroxyl groups excluding tert-OH is 1. The molecule has 1 atom stereocenters. The smallest absolute Gasteiger partial charge is 0.187 e. The molecule has 0 aliphatic rings. The molecule has 112 valence electrons. The lowest BCUT2D eigenvalue weighted by molar-refractivity contribution is 0.208. The number of hydrogen-bond donors (Lipinski definition) is 2. The zero-order valence-corrected chi connectivity index (χ0v) is 14.7. The number of nitrogens with one attached hydrogen (secondary N) is 1. The molecule has 0 aliphatic carbocycles. The summed E-state index contributed by atoms with van der Waals surface area (Å²) in [5.41, 5.74) is 1.61. The van der Waals surface area contributed by atoms with Crippen molar-refractivity contribution in [2.45, 2.75) is 11.4 Å². The molecule has 0 bridgehead atoms. The molecule has 1 aromatic carbocycles. The summed E-state index contributed by atoms with van der Waals surface area (Å²) in [7, 11) is 0. The number of aromatic nitrogens is 3. The Balaban J connectivity index is 1.99. The Morgan fingerprint density at radius 1 is 1.18 bits per heavy atom. The van der Waals surface area contributed by atoms with Gasteiger partial charge < -0.3 is 10.4 Å². The third-order valence-corrected chi connectivity index (χ3v) is 4.48. The Hall–Kier alpha value is -1.45. The van der Waals surface area contributed by atoms with Crippen molar-refractivity contribution >= 4 is 51.1 Å². The average Bonchev–Trinajstić information content (AvgIpc) is 2.58. The lowest BCUT2D eigenvalue weighted by Crippen LogP contribution is -2.11. The fourth-order valence-electron chi connectivity index (χ4n) is 2.03. The summed E-state index contributed by atoms with van der Waals surface area (Å²) in [5.74, 6) is 0.569. The molecule has 2 aromatic heterocycles. The molecule has 5 nitrogen and oxygen atoms in total. The lowest BCUT2D eigenvalue weighted by atomic mass is 10.2. The van der Waals surface area contributed by atoms with Gasteiger partial charge in [0.2, 0.25) is 0 Å². The van der Waals surface area contributed by atoms with Crippen molar-refractivity contribution in [3.8, 4) is 0 Å². The highest BCUT2D eigenvalue weighted by molar-refractivity contribution is 14.1. The summed E-state index contributed by atoms with van der Waals surface area (Å²) >= 11 is 3.69. The number of halogens is 1. The van der Waals surface area contributed by atoms with Crippen LogP contribution in [0.2, 0.25) is 0 Å². The first kappa shape index (κ1) is 15.4. The summed E-state index contributed by atoms with van der Waals surface area (Å²) in [6.07, 6.45) is 4.58. The number of anilines is 1. The second-order valence-electron chi connectivity index (χ2n) is 4.53. The predicted molar refractivity (Wildman–Crippen MR) is 96.9 cm³/mol. The minimum absolute atomic E-state index is 0.569. The Morgan fingerprint density at radius 2 is 1.95 bits per heavy atom. The fraction of sp³-hybridized carbons (Fsp3) is 0.133.